The first kappa shape index (κ1) is 2.65. The first-order valence-corrected chi connectivity index (χ1v) is 3.90. The van der Waals surface area contributed by atoms with Gasteiger partial charge in [0, 0.05) is 27.6 Å². The standard InChI is InChI=1S/C11H17N3/c1-9-5-2-3-8-14(9)11-7-4-6-10(12)13-11/h4,6-7,9H,2-3,5,8H2,1H3,(H2,12,13)/i1D3,2D2,3D2,5D2,8D2,9D. The zero-order valence-electron chi connectivity index (χ0n) is 19.2. The molecule has 1 saturated heterocycles. The molecule has 3 heteroatoms. The van der Waals surface area contributed by atoms with Crippen molar-refractivity contribution >= 4 is 11.6 Å². The highest BCUT2D eigenvalue weighted by atomic mass is 15.2. The van der Waals surface area contributed by atoms with Crippen LogP contribution in [0.3, 0.4) is 0 Å². The van der Waals surface area contributed by atoms with Gasteiger partial charge in [-0.05, 0) is 38.1 Å². The monoisotopic (exact) mass is 203 g/mol. The van der Waals surface area contributed by atoms with E-state index in [1.165, 1.54) is 12.1 Å². The van der Waals surface area contributed by atoms with Gasteiger partial charge in [0.25, 0.3) is 0 Å². The maximum atomic E-state index is 8.39. The molecule has 0 aliphatic carbocycles. The number of rotatable bonds is 1. The van der Waals surface area contributed by atoms with Crippen molar-refractivity contribution in [2.45, 2.75) is 32.0 Å². The van der Waals surface area contributed by atoms with Crippen molar-refractivity contribution in [1.29, 1.82) is 0 Å². The van der Waals surface area contributed by atoms with Crippen molar-refractivity contribution in [1.82, 2.24) is 4.98 Å². The van der Waals surface area contributed by atoms with Crippen LogP contribution in [0.15, 0.2) is 18.2 Å². The molecule has 3 nitrogen and oxygen atoms in total. The Kier molecular flexibility index (Phi) is 0.732. The number of hydrogen-bond acceptors (Lipinski definition) is 3. The van der Waals surface area contributed by atoms with E-state index in [1.807, 2.05) is 0 Å². The molecule has 0 radical (unpaired) electrons. The van der Waals surface area contributed by atoms with Gasteiger partial charge < -0.3 is 10.6 Å². The third-order valence-electron chi connectivity index (χ3n) is 1.62. The number of nitrogen functional groups attached to an aromatic ring is 1. The predicted molar refractivity (Wildman–Crippen MR) is 59.3 cm³/mol. The normalized spacial score (nSPS) is 55.6. The molecule has 2 heterocycles. The molecule has 2 rings (SSSR count). The Bertz CT molecular complexity index is 715. The largest absolute Gasteiger partial charge is 0.384 e. The van der Waals surface area contributed by atoms with E-state index in [-0.39, 0.29) is 10.7 Å². The van der Waals surface area contributed by atoms with Crippen LogP contribution in [0.25, 0.3) is 0 Å². The lowest BCUT2D eigenvalue weighted by molar-refractivity contribution is 0.481. The van der Waals surface area contributed by atoms with Crippen molar-refractivity contribution < 1.29 is 16.4 Å². The Morgan fingerprint density at radius 1 is 1.71 bits per heavy atom. The highest BCUT2D eigenvalue weighted by Gasteiger charge is 2.19. The molecule has 1 fully saturated rings. The van der Waals surface area contributed by atoms with Gasteiger partial charge in [-0.25, -0.2) is 4.98 Å². The van der Waals surface area contributed by atoms with Gasteiger partial charge in [0.05, 0.1) is 1.37 Å². The summed E-state index contributed by atoms with van der Waals surface area (Å²) in [5, 5.41) is 0. The van der Waals surface area contributed by atoms with Gasteiger partial charge in [0.15, 0.2) is 0 Å². The van der Waals surface area contributed by atoms with Crippen LogP contribution in [0, 0.1) is 0 Å². The number of hydrogen-bond donors (Lipinski definition) is 1. The summed E-state index contributed by atoms with van der Waals surface area (Å²) < 4.78 is 95.2. The van der Waals surface area contributed by atoms with Crippen LogP contribution in [-0.4, -0.2) is 17.5 Å². The zero-order chi connectivity index (χ0) is 20.6. The van der Waals surface area contributed by atoms with Gasteiger partial charge in [-0.2, -0.15) is 0 Å². The first-order chi connectivity index (χ1) is 11.4. The summed E-state index contributed by atoms with van der Waals surface area (Å²) in [7, 11) is 0. The van der Waals surface area contributed by atoms with E-state index in [1.54, 1.807) is 0 Å². The fourth-order valence-electron chi connectivity index (χ4n) is 1.02. The molecule has 0 saturated carbocycles. The summed E-state index contributed by atoms with van der Waals surface area (Å²) in [5.41, 5.74) is 5.52. The van der Waals surface area contributed by atoms with Gasteiger partial charge >= 0.3 is 0 Å². The molecule has 0 bridgehead atoms. The Morgan fingerprint density at radius 2 is 2.64 bits per heavy atom. The number of pyridine rings is 1. The quantitative estimate of drug-likeness (QED) is 0.759. The smallest absolute Gasteiger partial charge is 0.131 e. The number of nitrogens with zero attached hydrogens (tertiary/aromatic N) is 2. The molecule has 14 heavy (non-hydrogen) atoms. The van der Waals surface area contributed by atoms with E-state index in [2.05, 4.69) is 4.98 Å². The van der Waals surface area contributed by atoms with Crippen LogP contribution in [0.5, 0.6) is 0 Å². The number of nitrogens with two attached hydrogens (primary N) is 1. The van der Waals surface area contributed by atoms with Crippen molar-refractivity contribution in [3.05, 3.63) is 18.2 Å². The number of piperidine rings is 1. The maximum Gasteiger partial charge on any atom is 0.131 e. The van der Waals surface area contributed by atoms with Gasteiger partial charge in [0.2, 0.25) is 0 Å². The van der Waals surface area contributed by atoms with Crippen LogP contribution in [-0.2, 0) is 0 Å². The van der Waals surface area contributed by atoms with Gasteiger partial charge in [0.1, 0.15) is 11.6 Å². The molecule has 0 aromatic carbocycles. The minimum absolute atomic E-state index is 0.0324. The first-order valence-electron chi connectivity index (χ1n) is 9.90. The second kappa shape index (κ2) is 3.86. The number of aromatic nitrogens is 1. The van der Waals surface area contributed by atoms with E-state index >= 15 is 0 Å². The van der Waals surface area contributed by atoms with Crippen LogP contribution >= 0.6 is 0 Å². The lowest BCUT2D eigenvalue weighted by Gasteiger charge is -2.34. The molecule has 1 aromatic rings. The van der Waals surface area contributed by atoms with Crippen molar-refractivity contribution in [3.8, 4) is 0 Å². The van der Waals surface area contributed by atoms with E-state index in [4.69, 9.17) is 22.2 Å². The molecule has 1 aromatic heterocycles. The summed E-state index contributed by atoms with van der Waals surface area (Å²) in [6.07, 6.45) is -10.9. The Hall–Kier alpha value is -1.25. The van der Waals surface area contributed by atoms with E-state index in [0.717, 1.165) is 6.07 Å². The van der Waals surface area contributed by atoms with Crippen LogP contribution in [0.4, 0.5) is 11.6 Å². The molecular formula is C11H17N3. The van der Waals surface area contributed by atoms with Gasteiger partial charge in [-0.1, -0.05) is 6.07 Å². The third kappa shape index (κ3) is 1.81. The SMILES string of the molecule is [2H]C([2H])([2H])C1([2H])N(c2cccc(N)n2)C([2H])([2H])C([2H])([2H])C([2H])([2H])C1([2H])[2H]. The Balaban J connectivity index is 2.97. The van der Waals surface area contributed by atoms with E-state index < -0.39 is 44.3 Å². The molecule has 2 N–H and O–H groups in total. The minimum atomic E-state index is -3.66. The van der Waals surface area contributed by atoms with Gasteiger partial charge in [-0.3, -0.25) is 0 Å². The molecule has 0 amide bonds. The Labute approximate surface area is 102 Å². The molecule has 0 spiro atoms. The fourth-order valence-corrected chi connectivity index (χ4v) is 1.02. The average molecular weight is 203 g/mol. The van der Waals surface area contributed by atoms with Crippen LogP contribution in [0.1, 0.15) is 42.4 Å². The third-order valence-corrected chi connectivity index (χ3v) is 1.62. The number of anilines is 2. The lowest BCUT2D eigenvalue weighted by atomic mass is 10.0. The summed E-state index contributed by atoms with van der Waals surface area (Å²) >= 11 is 0. The predicted octanol–water partition coefficient (Wildman–Crippen LogP) is 2.04. The Morgan fingerprint density at radius 3 is 3.43 bits per heavy atom. The average Bonchev–Trinajstić information content (AvgIpc) is 2.44. The molecule has 76 valence electrons. The zero-order valence-corrected chi connectivity index (χ0v) is 7.20. The maximum absolute atomic E-state index is 8.39. The highest BCUT2D eigenvalue weighted by Crippen LogP contribution is 2.23. The summed E-state index contributed by atoms with van der Waals surface area (Å²) in [6.45, 7) is -7.01. The second-order valence-corrected chi connectivity index (χ2v) is 2.59. The lowest BCUT2D eigenvalue weighted by Crippen LogP contribution is -2.37. The summed E-state index contributed by atoms with van der Waals surface area (Å²) in [4.78, 5) is 3.75. The van der Waals surface area contributed by atoms with E-state index in [9.17, 15) is 0 Å². The molecular weight excluding hydrogens is 174 g/mol. The molecule has 1 unspecified atom stereocenters. The highest BCUT2D eigenvalue weighted by molar-refractivity contribution is 5.45. The minimum Gasteiger partial charge on any atom is -0.384 e. The molecule has 1 aliphatic rings. The summed E-state index contributed by atoms with van der Waals surface area (Å²) in [6, 6.07) is 0.0459. The van der Waals surface area contributed by atoms with Crippen molar-refractivity contribution in [2.75, 3.05) is 17.1 Å². The van der Waals surface area contributed by atoms with Crippen molar-refractivity contribution in [3.63, 3.8) is 0 Å². The van der Waals surface area contributed by atoms with Crippen LogP contribution < -0.4 is 10.6 Å². The second-order valence-electron chi connectivity index (χ2n) is 2.59. The van der Waals surface area contributed by atoms with E-state index in [0.29, 0.717) is 0 Å². The van der Waals surface area contributed by atoms with Crippen molar-refractivity contribution in [2.24, 2.45) is 0 Å². The fraction of sp³-hybridized carbons (Fsp3) is 0.545. The molecule has 1 aliphatic heterocycles. The molecule has 1 atom stereocenters. The van der Waals surface area contributed by atoms with Crippen LogP contribution in [0.2, 0.25) is 0 Å². The summed E-state index contributed by atoms with van der Waals surface area (Å²) in [5.74, 6) is -0.787. The van der Waals surface area contributed by atoms with Gasteiger partial charge in [-0.15, -0.1) is 0 Å². The topological polar surface area (TPSA) is 42.1 Å².